The van der Waals surface area contributed by atoms with Gasteiger partial charge in [-0.2, -0.15) is 0 Å². The van der Waals surface area contributed by atoms with E-state index in [2.05, 4.69) is 22.6 Å². The van der Waals surface area contributed by atoms with Crippen molar-refractivity contribution >= 4 is 28.4 Å². The monoisotopic (exact) mass is 272 g/mol. The number of carbonyl (C=O) groups is 1. The standard InChI is InChI=1S/C10H9IO/c11-9-4-2-1-3-8(9)10(12)7-5-6-7/h1-4,7H,5-6H2. The first-order valence-electron chi connectivity index (χ1n) is 4.08. The van der Waals surface area contributed by atoms with Gasteiger partial charge < -0.3 is 0 Å². The highest BCUT2D eigenvalue weighted by Gasteiger charge is 2.31. The minimum Gasteiger partial charge on any atom is -0.294 e. The summed E-state index contributed by atoms with van der Waals surface area (Å²) in [5, 5.41) is 0. The van der Waals surface area contributed by atoms with Gasteiger partial charge in [-0.3, -0.25) is 4.79 Å². The predicted octanol–water partition coefficient (Wildman–Crippen LogP) is 2.88. The van der Waals surface area contributed by atoms with Crippen molar-refractivity contribution in [1.82, 2.24) is 0 Å². The molecule has 0 heterocycles. The average molecular weight is 272 g/mol. The lowest BCUT2D eigenvalue weighted by atomic mass is 10.1. The lowest BCUT2D eigenvalue weighted by molar-refractivity contribution is 0.0967. The minimum absolute atomic E-state index is 0.333. The molecular formula is C10H9IO. The maximum atomic E-state index is 11.6. The van der Waals surface area contributed by atoms with E-state index in [1.807, 2.05) is 24.3 Å². The summed E-state index contributed by atoms with van der Waals surface area (Å²) in [6.45, 7) is 0. The van der Waals surface area contributed by atoms with E-state index in [1.54, 1.807) is 0 Å². The smallest absolute Gasteiger partial charge is 0.167 e. The Labute approximate surface area is 85.3 Å². The Bertz CT molecular complexity index is 315. The van der Waals surface area contributed by atoms with Gasteiger partial charge in [-0.1, -0.05) is 18.2 Å². The predicted molar refractivity (Wildman–Crippen MR) is 56.2 cm³/mol. The molecule has 1 aromatic rings. The van der Waals surface area contributed by atoms with E-state index in [0.29, 0.717) is 11.7 Å². The highest BCUT2D eigenvalue weighted by atomic mass is 127. The van der Waals surface area contributed by atoms with Gasteiger partial charge in [0, 0.05) is 15.1 Å². The topological polar surface area (TPSA) is 17.1 Å². The third-order valence-corrected chi connectivity index (χ3v) is 3.03. The Balaban J connectivity index is 2.32. The van der Waals surface area contributed by atoms with Crippen LogP contribution in [0.3, 0.4) is 0 Å². The van der Waals surface area contributed by atoms with Gasteiger partial charge in [0.15, 0.2) is 5.78 Å². The zero-order valence-corrected chi connectivity index (χ0v) is 8.74. The van der Waals surface area contributed by atoms with Crippen LogP contribution in [-0.2, 0) is 0 Å². The van der Waals surface area contributed by atoms with Gasteiger partial charge >= 0.3 is 0 Å². The second-order valence-corrected chi connectivity index (χ2v) is 4.28. The molecule has 1 saturated carbocycles. The Morgan fingerprint density at radius 3 is 2.58 bits per heavy atom. The molecule has 0 bridgehead atoms. The fraction of sp³-hybridized carbons (Fsp3) is 0.300. The molecule has 12 heavy (non-hydrogen) atoms. The van der Waals surface area contributed by atoms with Crippen LogP contribution >= 0.6 is 22.6 Å². The Kier molecular flexibility index (Phi) is 2.17. The normalized spacial score (nSPS) is 16.1. The molecule has 1 fully saturated rings. The van der Waals surface area contributed by atoms with E-state index in [4.69, 9.17) is 0 Å². The molecule has 2 heteroatoms. The molecule has 0 atom stereocenters. The fourth-order valence-electron chi connectivity index (χ4n) is 1.23. The van der Waals surface area contributed by atoms with E-state index >= 15 is 0 Å². The Hall–Kier alpha value is -0.380. The van der Waals surface area contributed by atoms with Gasteiger partial charge in [-0.05, 0) is 41.5 Å². The quantitative estimate of drug-likeness (QED) is 0.597. The van der Waals surface area contributed by atoms with Crippen LogP contribution in [0.25, 0.3) is 0 Å². The zero-order valence-electron chi connectivity index (χ0n) is 6.59. The van der Waals surface area contributed by atoms with Crippen LogP contribution in [0.5, 0.6) is 0 Å². The van der Waals surface area contributed by atoms with Crippen molar-refractivity contribution in [3.63, 3.8) is 0 Å². The molecule has 1 aliphatic rings. The van der Waals surface area contributed by atoms with E-state index in [-0.39, 0.29) is 0 Å². The van der Waals surface area contributed by atoms with Gasteiger partial charge in [0.25, 0.3) is 0 Å². The molecule has 1 nitrogen and oxygen atoms in total. The summed E-state index contributed by atoms with van der Waals surface area (Å²) >= 11 is 2.22. The lowest BCUT2D eigenvalue weighted by Gasteiger charge is -2.00. The highest BCUT2D eigenvalue weighted by Crippen LogP contribution is 2.33. The van der Waals surface area contributed by atoms with Crippen molar-refractivity contribution in [2.75, 3.05) is 0 Å². The minimum atomic E-state index is 0.333. The molecular weight excluding hydrogens is 263 g/mol. The van der Waals surface area contributed by atoms with E-state index in [0.717, 1.165) is 22.0 Å². The molecule has 2 rings (SSSR count). The number of benzene rings is 1. The summed E-state index contributed by atoms with van der Waals surface area (Å²) in [6.07, 6.45) is 2.17. The summed E-state index contributed by atoms with van der Waals surface area (Å²) in [6, 6.07) is 7.79. The number of hydrogen-bond donors (Lipinski definition) is 0. The summed E-state index contributed by atoms with van der Waals surface area (Å²) in [5.41, 5.74) is 0.903. The lowest BCUT2D eigenvalue weighted by Crippen LogP contribution is -2.02. The highest BCUT2D eigenvalue weighted by molar-refractivity contribution is 14.1. The summed E-state index contributed by atoms with van der Waals surface area (Å²) < 4.78 is 1.08. The van der Waals surface area contributed by atoms with E-state index in [1.165, 1.54) is 0 Å². The van der Waals surface area contributed by atoms with Crippen LogP contribution in [0.15, 0.2) is 24.3 Å². The second-order valence-electron chi connectivity index (χ2n) is 3.12. The van der Waals surface area contributed by atoms with Crippen molar-refractivity contribution < 1.29 is 4.79 Å². The maximum Gasteiger partial charge on any atom is 0.167 e. The van der Waals surface area contributed by atoms with Crippen LogP contribution in [-0.4, -0.2) is 5.78 Å². The van der Waals surface area contributed by atoms with E-state index < -0.39 is 0 Å². The first-order chi connectivity index (χ1) is 5.79. The average Bonchev–Trinajstić information content (AvgIpc) is 2.86. The first-order valence-corrected chi connectivity index (χ1v) is 5.15. The van der Waals surface area contributed by atoms with Gasteiger partial charge in [0.05, 0.1) is 0 Å². The molecule has 0 radical (unpaired) electrons. The molecule has 0 spiro atoms. The largest absolute Gasteiger partial charge is 0.294 e. The van der Waals surface area contributed by atoms with E-state index in [9.17, 15) is 4.79 Å². The maximum absolute atomic E-state index is 11.6. The molecule has 1 aromatic carbocycles. The Morgan fingerprint density at radius 1 is 1.33 bits per heavy atom. The zero-order chi connectivity index (χ0) is 8.55. The molecule has 0 unspecified atom stereocenters. The van der Waals surface area contributed by atoms with Crippen LogP contribution in [0.4, 0.5) is 0 Å². The van der Waals surface area contributed by atoms with Gasteiger partial charge in [0.1, 0.15) is 0 Å². The van der Waals surface area contributed by atoms with Gasteiger partial charge in [-0.15, -0.1) is 0 Å². The molecule has 0 aliphatic heterocycles. The Morgan fingerprint density at radius 2 is 2.00 bits per heavy atom. The van der Waals surface area contributed by atoms with Crippen molar-refractivity contribution in [1.29, 1.82) is 0 Å². The van der Waals surface area contributed by atoms with Crippen molar-refractivity contribution in [2.45, 2.75) is 12.8 Å². The fourth-order valence-corrected chi connectivity index (χ4v) is 1.88. The van der Waals surface area contributed by atoms with Crippen LogP contribution in [0.1, 0.15) is 23.2 Å². The summed E-state index contributed by atoms with van der Waals surface area (Å²) in [4.78, 5) is 11.6. The first kappa shape index (κ1) is 8.23. The number of ketones is 1. The number of hydrogen-bond acceptors (Lipinski definition) is 1. The molecule has 0 aromatic heterocycles. The van der Waals surface area contributed by atoms with Crippen molar-refractivity contribution in [3.8, 4) is 0 Å². The third kappa shape index (κ3) is 1.53. The molecule has 1 aliphatic carbocycles. The van der Waals surface area contributed by atoms with Crippen LogP contribution in [0, 0.1) is 9.49 Å². The van der Waals surface area contributed by atoms with Crippen LogP contribution in [0.2, 0.25) is 0 Å². The summed E-state index contributed by atoms with van der Waals surface area (Å²) in [7, 11) is 0. The molecule has 0 saturated heterocycles. The third-order valence-electron chi connectivity index (χ3n) is 2.09. The molecule has 0 N–H and O–H groups in total. The number of carbonyl (C=O) groups excluding carboxylic acids is 1. The SMILES string of the molecule is O=C(c1ccccc1I)C1CC1. The number of rotatable bonds is 2. The van der Waals surface area contributed by atoms with Crippen molar-refractivity contribution in [2.24, 2.45) is 5.92 Å². The molecule has 62 valence electrons. The number of Topliss-reactive ketones (excluding diaryl/α,β-unsaturated/α-hetero) is 1. The summed E-state index contributed by atoms with van der Waals surface area (Å²) in [5.74, 6) is 0.668. The van der Waals surface area contributed by atoms with Gasteiger partial charge in [0.2, 0.25) is 0 Å². The second kappa shape index (κ2) is 3.17. The van der Waals surface area contributed by atoms with Crippen molar-refractivity contribution in [3.05, 3.63) is 33.4 Å². The number of halogens is 1. The molecule has 0 amide bonds. The van der Waals surface area contributed by atoms with Gasteiger partial charge in [-0.25, -0.2) is 0 Å². The van der Waals surface area contributed by atoms with Crippen LogP contribution < -0.4 is 0 Å².